The molecule has 100 valence electrons. The quantitative estimate of drug-likeness (QED) is 0.705. The third-order valence-electron chi connectivity index (χ3n) is 2.08. The normalized spacial score (nSPS) is 11.5. The van der Waals surface area contributed by atoms with Crippen LogP contribution in [0.25, 0.3) is 0 Å². The predicted molar refractivity (Wildman–Crippen MR) is 67.3 cm³/mol. The molecule has 1 rings (SSSR count). The summed E-state index contributed by atoms with van der Waals surface area (Å²) in [5.41, 5.74) is -0.477. The lowest BCUT2D eigenvalue weighted by Crippen LogP contribution is -2.20. The van der Waals surface area contributed by atoms with Gasteiger partial charge in [-0.15, -0.1) is 0 Å². The molecule has 0 amide bonds. The van der Waals surface area contributed by atoms with Gasteiger partial charge in [-0.2, -0.15) is 0 Å². The Labute approximate surface area is 105 Å². The van der Waals surface area contributed by atoms with Gasteiger partial charge in [-0.1, -0.05) is 19.9 Å². The molecule has 3 N–H and O–H groups in total. The average molecular weight is 273 g/mol. The van der Waals surface area contributed by atoms with E-state index < -0.39 is 21.7 Å². The van der Waals surface area contributed by atoms with Gasteiger partial charge in [-0.05, 0) is 18.1 Å². The van der Waals surface area contributed by atoms with Gasteiger partial charge in [0.05, 0.1) is 11.4 Å². The van der Waals surface area contributed by atoms with Gasteiger partial charge in [0.15, 0.2) is 5.75 Å². The summed E-state index contributed by atoms with van der Waals surface area (Å²) in [5.74, 6) is -2.09. The Kier molecular flexibility index (Phi) is 4.18. The summed E-state index contributed by atoms with van der Waals surface area (Å²) >= 11 is 0. The minimum Gasteiger partial charge on any atom is -0.505 e. The number of benzene rings is 1. The largest absolute Gasteiger partial charge is 0.505 e. The third-order valence-corrected chi connectivity index (χ3v) is 3.72. The molecule has 18 heavy (non-hydrogen) atoms. The Balaban J connectivity index is 3.06. The molecule has 0 aliphatic heterocycles. The van der Waals surface area contributed by atoms with Crippen LogP contribution >= 0.6 is 0 Å². The number of sulfonamides is 1. The van der Waals surface area contributed by atoms with Crippen LogP contribution < -0.4 is 4.72 Å². The number of anilines is 1. The topological polar surface area (TPSA) is 104 Å². The number of aromatic carboxylic acids is 1. The van der Waals surface area contributed by atoms with Crippen molar-refractivity contribution < 1.29 is 23.4 Å². The average Bonchev–Trinajstić information content (AvgIpc) is 2.18. The van der Waals surface area contributed by atoms with Crippen molar-refractivity contribution in [1.29, 1.82) is 0 Å². The van der Waals surface area contributed by atoms with E-state index in [0.29, 0.717) is 0 Å². The fraction of sp³-hybridized carbons (Fsp3) is 0.364. The second-order valence-corrected chi connectivity index (χ2v) is 6.05. The molecule has 0 fully saturated rings. The van der Waals surface area contributed by atoms with Crippen molar-refractivity contribution in [3.8, 4) is 5.75 Å². The van der Waals surface area contributed by atoms with Crippen LogP contribution in [0, 0.1) is 5.92 Å². The standard InChI is InChI=1S/C11H15NO5S/c1-7(2)6-18(16,17)12-9-5-3-4-8(10(9)13)11(14)15/h3-5,7,12-13H,6H2,1-2H3,(H,14,15). The van der Waals surface area contributed by atoms with Crippen molar-refractivity contribution in [3.05, 3.63) is 23.8 Å². The Morgan fingerprint density at radius 2 is 2.00 bits per heavy atom. The minimum absolute atomic E-state index is 0.0766. The molecule has 0 bridgehead atoms. The molecule has 0 aliphatic carbocycles. The summed E-state index contributed by atoms with van der Waals surface area (Å²) in [7, 11) is -3.60. The van der Waals surface area contributed by atoms with Crippen molar-refractivity contribution >= 4 is 21.7 Å². The Hall–Kier alpha value is -1.76. The van der Waals surface area contributed by atoms with Crippen molar-refractivity contribution in [3.63, 3.8) is 0 Å². The molecular formula is C11H15NO5S. The van der Waals surface area contributed by atoms with Crippen LogP contribution in [0.5, 0.6) is 5.75 Å². The molecule has 6 nitrogen and oxygen atoms in total. The Morgan fingerprint density at radius 1 is 1.39 bits per heavy atom. The maximum atomic E-state index is 11.7. The van der Waals surface area contributed by atoms with Crippen LogP contribution in [-0.4, -0.2) is 30.4 Å². The van der Waals surface area contributed by atoms with Crippen LogP contribution in [0.4, 0.5) is 5.69 Å². The number of carboxylic acid groups (broad SMARTS) is 1. The van der Waals surface area contributed by atoms with Crippen LogP contribution in [0.2, 0.25) is 0 Å². The van der Waals surface area contributed by atoms with Gasteiger partial charge in [-0.3, -0.25) is 4.72 Å². The van der Waals surface area contributed by atoms with E-state index in [-0.39, 0.29) is 22.9 Å². The summed E-state index contributed by atoms with van der Waals surface area (Å²) < 4.78 is 25.5. The van der Waals surface area contributed by atoms with E-state index in [9.17, 15) is 18.3 Å². The molecule has 0 radical (unpaired) electrons. The highest BCUT2D eigenvalue weighted by Gasteiger charge is 2.18. The van der Waals surface area contributed by atoms with Crippen LogP contribution in [-0.2, 0) is 10.0 Å². The summed E-state index contributed by atoms with van der Waals surface area (Å²) in [6.07, 6.45) is 0. The number of phenols is 1. The molecule has 7 heteroatoms. The highest BCUT2D eigenvalue weighted by atomic mass is 32.2. The number of aromatic hydroxyl groups is 1. The van der Waals surface area contributed by atoms with Crippen molar-refractivity contribution in [2.75, 3.05) is 10.5 Å². The number of carboxylic acids is 1. The second kappa shape index (κ2) is 5.26. The van der Waals surface area contributed by atoms with Gasteiger partial charge in [0.1, 0.15) is 5.56 Å². The molecular weight excluding hydrogens is 258 g/mol. The molecule has 1 aromatic carbocycles. The number of carbonyl (C=O) groups is 1. The fourth-order valence-corrected chi connectivity index (χ4v) is 2.91. The zero-order chi connectivity index (χ0) is 13.9. The fourth-order valence-electron chi connectivity index (χ4n) is 1.45. The summed E-state index contributed by atoms with van der Waals surface area (Å²) in [5, 5.41) is 18.4. The van der Waals surface area contributed by atoms with E-state index in [2.05, 4.69) is 4.72 Å². The van der Waals surface area contributed by atoms with E-state index in [1.54, 1.807) is 13.8 Å². The molecule has 0 atom stereocenters. The number of nitrogens with one attached hydrogen (secondary N) is 1. The second-order valence-electron chi connectivity index (χ2n) is 4.28. The summed E-state index contributed by atoms with van der Waals surface area (Å²) in [6, 6.07) is 3.86. The predicted octanol–water partition coefficient (Wildman–Crippen LogP) is 1.49. The van der Waals surface area contributed by atoms with Gasteiger partial charge < -0.3 is 10.2 Å². The number of hydrogen-bond donors (Lipinski definition) is 3. The van der Waals surface area contributed by atoms with Gasteiger partial charge in [0.25, 0.3) is 0 Å². The SMILES string of the molecule is CC(C)CS(=O)(=O)Nc1cccc(C(=O)O)c1O. The molecule has 0 spiro atoms. The van der Waals surface area contributed by atoms with Crippen molar-refractivity contribution in [1.82, 2.24) is 0 Å². The lowest BCUT2D eigenvalue weighted by atomic mass is 10.2. The first-order valence-electron chi connectivity index (χ1n) is 5.28. The van der Waals surface area contributed by atoms with Crippen LogP contribution in [0.3, 0.4) is 0 Å². The Bertz CT molecular complexity index is 551. The molecule has 0 saturated carbocycles. The lowest BCUT2D eigenvalue weighted by Gasteiger charge is -2.12. The maximum absolute atomic E-state index is 11.7. The van der Waals surface area contributed by atoms with E-state index in [4.69, 9.17) is 5.11 Å². The number of para-hydroxylation sites is 1. The number of hydrogen-bond acceptors (Lipinski definition) is 4. The van der Waals surface area contributed by atoms with Crippen molar-refractivity contribution in [2.45, 2.75) is 13.8 Å². The van der Waals surface area contributed by atoms with Gasteiger partial charge in [-0.25, -0.2) is 13.2 Å². The number of rotatable bonds is 5. The van der Waals surface area contributed by atoms with Crippen LogP contribution in [0.1, 0.15) is 24.2 Å². The zero-order valence-corrected chi connectivity index (χ0v) is 10.9. The van der Waals surface area contributed by atoms with E-state index in [1.807, 2.05) is 0 Å². The van der Waals surface area contributed by atoms with E-state index in [1.165, 1.54) is 18.2 Å². The first kappa shape index (κ1) is 14.3. The first-order valence-corrected chi connectivity index (χ1v) is 6.94. The molecule has 0 unspecified atom stereocenters. The van der Waals surface area contributed by atoms with Crippen LogP contribution in [0.15, 0.2) is 18.2 Å². The highest BCUT2D eigenvalue weighted by Crippen LogP contribution is 2.28. The minimum atomic E-state index is -3.60. The van der Waals surface area contributed by atoms with E-state index in [0.717, 1.165) is 0 Å². The summed E-state index contributed by atoms with van der Waals surface area (Å²) in [4.78, 5) is 10.8. The monoisotopic (exact) mass is 273 g/mol. The van der Waals surface area contributed by atoms with Crippen molar-refractivity contribution in [2.24, 2.45) is 5.92 Å². The molecule has 1 aromatic rings. The smallest absolute Gasteiger partial charge is 0.339 e. The third kappa shape index (κ3) is 3.63. The molecule has 0 heterocycles. The first-order chi connectivity index (χ1) is 8.23. The van der Waals surface area contributed by atoms with Gasteiger partial charge in [0.2, 0.25) is 10.0 Å². The maximum Gasteiger partial charge on any atom is 0.339 e. The lowest BCUT2D eigenvalue weighted by molar-refractivity contribution is 0.0694. The zero-order valence-electron chi connectivity index (χ0n) is 10.0. The molecule has 0 saturated heterocycles. The molecule has 0 aromatic heterocycles. The highest BCUT2D eigenvalue weighted by molar-refractivity contribution is 7.92. The van der Waals surface area contributed by atoms with Gasteiger partial charge in [0, 0.05) is 0 Å². The Morgan fingerprint density at radius 3 is 2.50 bits per heavy atom. The summed E-state index contributed by atoms with van der Waals surface area (Å²) in [6.45, 7) is 3.49. The van der Waals surface area contributed by atoms with E-state index >= 15 is 0 Å². The molecule has 0 aliphatic rings. The van der Waals surface area contributed by atoms with Gasteiger partial charge >= 0.3 is 5.97 Å².